The standard InChI is InChI=1S/C21H29FN4O2/c1-16(2)7-8-23-21(27)19-15-28-20(24-19)14-26-11-9-25(10-12-26)13-17-3-5-18(22)6-4-17/h3-6,15-16H,7-14H2,1-2H3,(H,23,27). The van der Waals surface area contributed by atoms with Gasteiger partial charge in [0.25, 0.3) is 5.91 Å². The number of hydrogen-bond donors (Lipinski definition) is 1. The molecule has 0 saturated carbocycles. The molecule has 2 aromatic rings. The van der Waals surface area contributed by atoms with Crippen LogP contribution in [0.1, 0.15) is 42.2 Å². The maximum Gasteiger partial charge on any atom is 0.273 e. The molecule has 1 fully saturated rings. The van der Waals surface area contributed by atoms with E-state index in [1.165, 1.54) is 18.4 Å². The predicted octanol–water partition coefficient (Wildman–Crippen LogP) is 2.91. The number of oxazole rings is 1. The monoisotopic (exact) mass is 388 g/mol. The summed E-state index contributed by atoms with van der Waals surface area (Å²) in [6, 6.07) is 6.68. The quantitative estimate of drug-likeness (QED) is 0.753. The number of carbonyl (C=O) groups excluding carboxylic acids is 1. The summed E-state index contributed by atoms with van der Waals surface area (Å²) < 4.78 is 18.5. The van der Waals surface area contributed by atoms with Crippen molar-refractivity contribution in [2.75, 3.05) is 32.7 Å². The fourth-order valence-electron chi connectivity index (χ4n) is 3.20. The molecule has 1 aromatic heterocycles. The maximum atomic E-state index is 13.0. The Kier molecular flexibility index (Phi) is 7.17. The highest BCUT2D eigenvalue weighted by Gasteiger charge is 2.20. The van der Waals surface area contributed by atoms with Crippen molar-refractivity contribution in [2.45, 2.75) is 33.4 Å². The lowest BCUT2D eigenvalue weighted by Gasteiger charge is -2.34. The summed E-state index contributed by atoms with van der Waals surface area (Å²) in [5.41, 5.74) is 1.46. The summed E-state index contributed by atoms with van der Waals surface area (Å²) in [6.07, 6.45) is 2.38. The van der Waals surface area contributed by atoms with Gasteiger partial charge in [0.2, 0.25) is 5.89 Å². The minimum Gasteiger partial charge on any atom is -0.447 e. The summed E-state index contributed by atoms with van der Waals surface area (Å²) >= 11 is 0. The van der Waals surface area contributed by atoms with Gasteiger partial charge in [0, 0.05) is 39.3 Å². The number of carbonyl (C=O) groups is 1. The topological polar surface area (TPSA) is 61.6 Å². The van der Waals surface area contributed by atoms with E-state index in [-0.39, 0.29) is 11.7 Å². The number of rotatable bonds is 8. The summed E-state index contributed by atoms with van der Waals surface area (Å²) in [5.74, 6) is 0.739. The third-order valence-electron chi connectivity index (χ3n) is 4.93. The van der Waals surface area contributed by atoms with E-state index in [4.69, 9.17) is 4.42 Å². The fourth-order valence-corrected chi connectivity index (χ4v) is 3.20. The molecule has 1 aliphatic heterocycles. The molecule has 3 rings (SSSR count). The number of nitrogens with zero attached hydrogens (tertiary/aromatic N) is 3. The molecule has 6 nitrogen and oxygen atoms in total. The molecule has 0 aliphatic carbocycles. The summed E-state index contributed by atoms with van der Waals surface area (Å²) in [5, 5.41) is 2.87. The molecule has 0 atom stereocenters. The van der Waals surface area contributed by atoms with Crippen molar-refractivity contribution in [2.24, 2.45) is 5.92 Å². The molecule has 1 aromatic carbocycles. The smallest absolute Gasteiger partial charge is 0.273 e. The van der Waals surface area contributed by atoms with Crippen LogP contribution < -0.4 is 5.32 Å². The van der Waals surface area contributed by atoms with Crippen LogP contribution in [-0.4, -0.2) is 53.4 Å². The van der Waals surface area contributed by atoms with Gasteiger partial charge in [0.05, 0.1) is 6.54 Å². The number of amides is 1. The van der Waals surface area contributed by atoms with Crippen LogP contribution >= 0.6 is 0 Å². The average molecular weight is 388 g/mol. The third kappa shape index (κ3) is 6.14. The first-order chi connectivity index (χ1) is 13.5. The molecule has 7 heteroatoms. The molecule has 0 spiro atoms. The molecule has 28 heavy (non-hydrogen) atoms. The van der Waals surface area contributed by atoms with Crippen molar-refractivity contribution in [1.82, 2.24) is 20.1 Å². The second kappa shape index (κ2) is 9.80. The number of halogens is 1. The highest BCUT2D eigenvalue weighted by Crippen LogP contribution is 2.12. The minimum absolute atomic E-state index is 0.181. The van der Waals surface area contributed by atoms with Crippen LogP contribution in [-0.2, 0) is 13.1 Å². The summed E-state index contributed by atoms with van der Waals surface area (Å²) in [6.45, 7) is 9.99. The van der Waals surface area contributed by atoms with Gasteiger partial charge in [-0.3, -0.25) is 14.6 Å². The molecule has 152 valence electrons. The van der Waals surface area contributed by atoms with Crippen molar-refractivity contribution < 1.29 is 13.6 Å². The van der Waals surface area contributed by atoms with E-state index in [1.54, 1.807) is 0 Å². The highest BCUT2D eigenvalue weighted by atomic mass is 19.1. The normalized spacial score (nSPS) is 15.9. The molecule has 1 saturated heterocycles. The molecule has 0 unspecified atom stereocenters. The Labute approximate surface area is 165 Å². The summed E-state index contributed by atoms with van der Waals surface area (Å²) in [7, 11) is 0. The minimum atomic E-state index is -0.201. The lowest BCUT2D eigenvalue weighted by Crippen LogP contribution is -2.45. The van der Waals surface area contributed by atoms with E-state index < -0.39 is 0 Å². The number of hydrogen-bond acceptors (Lipinski definition) is 5. The maximum absolute atomic E-state index is 13.0. The Balaban J connectivity index is 1.41. The number of nitrogens with one attached hydrogen (secondary N) is 1. The second-order valence-electron chi connectivity index (χ2n) is 7.74. The summed E-state index contributed by atoms with van der Waals surface area (Å²) in [4.78, 5) is 21.0. The predicted molar refractivity (Wildman–Crippen MR) is 105 cm³/mol. The van der Waals surface area contributed by atoms with E-state index in [9.17, 15) is 9.18 Å². The third-order valence-corrected chi connectivity index (χ3v) is 4.93. The first kappa shape index (κ1) is 20.5. The van der Waals surface area contributed by atoms with E-state index in [0.29, 0.717) is 30.6 Å². The van der Waals surface area contributed by atoms with Gasteiger partial charge in [0.1, 0.15) is 12.1 Å². The Morgan fingerprint density at radius 2 is 1.79 bits per heavy atom. The fraction of sp³-hybridized carbons (Fsp3) is 0.524. The first-order valence-corrected chi connectivity index (χ1v) is 9.91. The van der Waals surface area contributed by atoms with Gasteiger partial charge in [-0.1, -0.05) is 26.0 Å². The van der Waals surface area contributed by atoms with E-state index in [2.05, 4.69) is 33.9 Å². The Morgan fingerprint density at radius 3 is 2.43 bits per heavy atom. The molecule has 0 bridgehead atoms. The Morgan fingerprint density at radius 1 is 1.14 bits per heavy atom. The van der Waals surface area contributed by atoms with Crippen LogP contribution in [0, 0.1) is 11.7 Å². The SMILES string of the molecule is CC(C)CCNC(=O)c1coc(CN2CCN(Cc3ccc(F)cc3)CC2)n1. The van der Waals surface area contributed by atoms with Crippen LogP contribution in [0.3, 0.4) is 0 Å². The largest absolute Gasteiger partial charge is 0.447 e. The lowest BCUT2D eigenvalue weighted by molar-refractivity contribution is 0.0946. The van der Waals surface area contributed by atoms with Crippen LogP contribution in [0.25, 0.3) is 0 Å². The zero-order chi connectivity index (χ0) is 19.9. The van der Waals surface area contributed by atoms with Crippen LogP contribution in [0.15, 0.2) is 34.9 Å². The van der Waals surface area contributed by atoms with Gasteiger partial charge in [0.15, 0.2) is 5.69 Å². The van der Waals surface area contributed by atoms with Gasteiger partial charge in [-0.25, -0.2) is 9.37 Å². The number of benzene rings is 1. The zero-order valence-electron chi connectivity index (χ0n) is 16.7. The van der Waals surface area contributed by atoms with Crippen LogP contribution in [0.5, 0.6) is 0 Å². The molecular weight excluding hydrogens is 359 g/mol. The van der Waals surface area contributed by atoms with E-state index >= 15 is 0 Å². The number of aromatic nitrogens is 1. The van der Waals surface area contributed by atoms with Crippen molar-refractivity contribution in [3.63, 3.8) is 0 Å². The van der Waals surface area contributed by atoms with Crippen LogP contribution in [0.4, 0.5) is 4.39 Å². The van der Waals surface area contributed by atoms with Crippen molar-refractivity contribution in [1.29, 1.82) is 0 Å². The second-order valence-corrected chi connectivity index (χ2v) is 7.74. The average Bonchev–Trinajstić information content (AvgIpc) is 3.13. The molecule has 2 heterocycles. The molecule has 1 N–H and O–H groups in total. The lowest BCUT2D eigenvalue weighted by atomic mass is 10.1. The van der Waals surface area contributed by atoms with Gasteiger partial charge < -0.3 is 9.73 Å². The van der Waals surface area contributed by atoms with Gasteiger partial charge in [-0.15, -0.1) is 0 Å². The van der Waals surface area contributed by atoms with Gasteiger partial charge in [-0.2, -0.15) is 0 Å². The Hall–Kier alpha value is -2.25. The first-order valence-electron chi connectivity index (χ1n) is 9.91. The van der Waals surface area contributed by atoms with Crippen molar-refractivity contribution in [3.05, 3.63) is 53.5 Å². The highest BCUT2D eigenvalue weighted by molar-refractivity contribution is 5.91. The van der Waals surface area contributed by atoms with Crippen molar-refractivity contribution in [3.8, 4) is 0 Å². The molecule has 1 amide bonds. The van der Waals surface area contributed by atoms with Crippen molar-refractivity contribution >= 4 is 5.91 Å². The molecule has 1 aliphatic rings. The molecular formula is C21H29FN4O2. The number of piperazine rings is 1. The molecule has 0 radical (unpaired) electrons. The van der Waals surface area contributed by atoms with E-state index in [0.717, 1.165) is 44.7 Å². The van der Waals surface area contributed by atoms with E-state index in [1.807, 2.05) is 12.1 Å². The Bertz CT molecular complexity index is 752. The van der Waals surface area contributed by atoms with Gasteiger partial charge in [-0.05, 0) is 30.0 Å². The van der Waals surface area contributed by atoms with Crippen LogP contribution in [0.2, 0.25) is 0 Å². The van der Waals surface area contributed by atoms with Gasteiger partial charge >= 0.3 is 0 Å². The zero-order valence-corrected chi connectivity index (χ0v) is 16.7.